The molecule has 236 valence electrons. The van der Waals surface area contributed by atoms with Gasteiger partial charge in [-0.3, -0.25) is 9.59 Å². The summed E-state index contributed by atoms with van der Waals surface area (Å²) in [5, 5.41) is 12.7. The Labute approximate surface area is 239 Å². The normalized spacial score (nSPS) is 17.5. The van der Waals surface area contributed by atoms with Crippen LogP contribution < -0.4 is 10.6 Å². The van der Waals surface area contributed by atoms with E-state index in [0.29, 0.717) is 16.6 Å². The SMILES string of the molecule is C[C@@H](NC(=O)CCC(F)(F)F)c1ccc2nc([C@@H](NC(=O)c3cnn(CCC(F)(F)F)n3)C3CCC(F)(F)CC3)[nH]c2c1. The number of benzene rings is 1. The number of carbonyl (C=O) groups excluding carboxylic acids is 2. The van der Waals surface area contributed by atoms with Crippen LogP contribution in [0.1, 0.15) is 85.8 Å². The molecule has 1 fully saturated rings. The summed E-state index contributed by atoms with van der Waals surface area (Å²) in [5.74, 6) is -4.63. The summed E-state index contributed by atoms with van der Waals surface area (Å²) in [6.45, 7) is 1.00. The molecule has 4 rings (SSSR count). The maximum atomic E-state index is 13.9. The number of aryl methyl sites for hydroxylation is 1. The highest BCUT2D eigenvalue weighted by atomic mass is 19.4. The van der Waals surface area contributed by atoms with Crippen LogP contribution in [0.2, 0.25) is 0 Å². The minimum atomic E-state index is -4.46. The van der Waals surface area contributed by atoms with Crippen molar-refractivity contribution in [3.8, 4) is 0 Å². The van der Waals surface area contributed by atoms with Crippen LogP contribution in [0, 0.1) is 5.92 Å². The van der Waals surface area contributed by atoms with E-state index in [4.69, 9.17) is 0 Å². The zero-order valence-electron chi connectivity index (χ0n) is 22.8. The Morgan fingerprint density at radius 2 is 1.74 bits per heavy atom. The Bertz CT molecular complexity index is 1420. The first-order valence-electron chi connectivity index (χ1n) is 13.5. The molecule has 2 atom stereocenters. The van der Waals surface area contributed by atoms with Gasteiger partial charge in [-0.2, -0.15) is 36.2 Å². The van der Waals surface area contributed by atoms with Gasteiger partial charge in [-0.25, -0.2) is 13.8 Å². The summed E-state index contributed by atoms with van der Waals surface area (Å²) in [7, 11) is 0. The van der Waals surface area contributed by atoms with E-state index in [1.165, 1.54) is 0 Å². The number of rotatable bonds is 10. The van der Waals surface area contributed by atoms with Crippen LogP contribution in [0.3, 0.4) is 0 Å². The van der Waals surface area contributed by atoms with Crippen molar-refractivity contribution >= 4 is 22.8 Å². The van der Waals surface area contributed by atoms with Crippen LogP contribution in [0.5, 0.6) is 0 Å². The number of aromatic nitrogens is 5. The van der Waals surface area contributed by atoms with E-state index >= 15 is 0 Å². The average molecular weight is 624 g/mol. The molecule has 2 heterocycles. The molecule has 1 aliphatic carbocycles. The molecule has 9 nitrogen and oxygen atoms in total. The van der Waals surface area contributed by atoms with E-state index in [0.717, 1.165) is 11.0 Å². The quantitative estimate of drug-likeness (QED) is 0.242. The molecule has 1 aromatic carbocycles. The summed E-state index contributed by atoms with van der Waals surface area (Å²) >= 11 is 0. The van der Waals surface area contributed by atoms with Gasteiger partial charge in [0.15, 0.2) is 5.69 Å². The largest absolute Gasteiger partial charge is 0.390 e. The lowest BCUT2D eigenvalue weighted by molar-refractivity contribution is -0.144. The van der Waals surface area contributed by atoms with Gasteiger partial charge in [-0.05, 0) is 43.4 Å². The molecule has 0 aliphatic heterocycles. The van der Waals surface area contributed by atoms with Gasteiger partial charge in [0, 0.05) is 19.3 Å². The number of fused-ring (bicyclic) bond motifs is 1. The number of nitrogens with one attached hydrogen (secondary N) is 3. The molecule has 2 aromatic heterocycles. The monoisotopic (exact) mass is 623 g/mol. The fraction of sp³-hybridized carbons (Fsp3) is 0.577. The third-order valence-corrected chi connectivity index (χ3v) is 7.22. The van der Waals surface area contributed by atoms with Gasteiger partial charge >= 0.3 is 12.4 Å². The maximum Gasteiger partial charge on any atom is 0.390 e. The van der Waals surface area contributed by atoms with Crippen LogP contribution in [-0.4, -0.2) is 55.1 Å². The Hall–Kier alpha value is -3.79. The van der Waals surface area contributed by atoms with Crippen molar-refractivity contribution < 1.29 is 44.7 Å². The van der Waals surface area contributed by atoms with Crippen molar-refractivity contribution in [1.29, 1.82) is 0 Å². The van der Waals surface area contributed by atoms with Gasteiger partial charge in [0.1, 0.15) is 5.82 Å². The molecule has 43 heavy (non-hydrogen) atoms. The molecule has 0 saturated heterocycles. The van der Waals surface area contributed by atoms with Gasteiger partial charge in [-0.1, -0.05) is 6.07 Å². The second kappa shape index (κ2) is 12.4. The zero-order chi connectivity index (χ0) is 31.6. The van der Waals surface area contributed by atoms with Crippen molar-refractivity contribution in [1.82, 2.24) is 35.6 Å². The smallest absolute Gasteiger partial charge is 0.350 e. The Kier molecular flexibility index (Phi) is 9.30. The summed E-state index contributed by atoms with van der Waals surface area (Å²) in [6.07, 6.45) is -11.8. The van der Waals surface area contributed by atoms with Crippen molar-refractivity contribution in [2.24, 2.45) is 5.92 Å². The number of imidazole rings is 1. The van der Waals surface area contributed by atoms with Crippen LogP contribution >= 0.6 is 0 Å². The van der Waals surface area contributed by atoms with Crippen molar-refractivity contribution in [2.45, 2.75) is 88.8 Å². The topological polar surface area (TPSA) is 118 Å². The molecule has 0 radical (unpaired) electrons. The first-order valence-corrected chi connectivity index (χ1v) is 13.5. The number of alkyl halides is 8. The predicted molar refractivity (Wildman–Crippen MR) is 136 cm³/mol. The predicted octanol–water partition coefficient (Wildman–Crippen LogP) is 5.92. The number of hydrogen-bond donors (Lipinski definition) is 3. The standard InChI is InChI=1S/C26H29F8N7O2/c1-14(36-20(42)6-9-25(29,30)31)16-2-3-17-18(12-16)38-22(37-17)21(15-4-7-24(27,28)8-5-15)39-23(43)19-13-35-41(40-19)11-10-26(32,33)34/h2-3,12-15,21H,4-11H2,1H3,(H,36,42)(H,37,38)(H,39,43)/t14-,21+/m1/s1. The van der Waals surface area contributed by atoms with Crippen LogP contribution in [0.25, 0.3) is 11.0 Å². The Balaban J connectivity index is 1.53. The number of H-pyrrole nitrogens is 1. The molecule has 17 heteroatoms. The van der Waals surface area contributed by atoms with Crippen molar-refractivity contribution in [3.63, 3.8) is 0 Å². The van der Waals surface area contributed by atoms with Crippen LogP contribution in [0.4, 0.5) is 35.1 Å². The fourth-order valence-electron chi connectivity index (χ4n) is 4.87. The second-order valence-corrected chi connectivity index (χ2v) is 10.6. The molecule has 0 bridgehead atoms. The van der Waals surface area contributed by atoms with E-state index in [1.807, 2.05) is 0 Å². The molecule has 1 saturated carbocycles. The number of nitrogens with zero attached hydrogens (tertiary/aromatic N) is 4. The highest BCUT2D eigenvalue weighted by molar-refractivity contribution is 5.92. The van der Waals surface area contributed by atoms with E-state index in [-0.39, 0.29) is 24.4 Å². The van der Waals surface area contributed by atoms with Crippen molar-refractivity contribution in [2.75, 3.05) is 0 Å². The van der Waals surface area contributed by atoms with E-state index in [1.54, 1.807) is 25.1 Å². The fourth-order valence-corrected chi connectivity index (χ4v) is 4.87. The molecule has 3 aromatic rings. The second-order valence-electron chi connectivity index (χ2n) is 10.6. The maximum absolute atomic E-state index is 13.9. The minimum absolute atomic E-state index is 0.0551. The number of amides is 2. The van der Waals surface area contributed by atoms with E-state index < -0.39 is 86.7 Å². The lowest BCUT2D eigenvalue weighted by Gasteiger charge is -2.33. The van der Waals surface area contributed by atoms with Crippen molar-refractivity contribution in [3.05, 3.63) is 41.5 Å². The molecule has 0 unspecified atom stereocenters. The summed E-state index contributed by atoms with van der Waals surface area (Å²) in [6, 6.07) is 3.31. The first kappa shape index (κ1) is 32.1. The highest BCUT2D eigenvalue weighted by Gasteiger charge is 2.40. The number of halogens is 8. The van der Waals surface area contributed by atoms with Gasteiger partial charge in [0.05, 0.1) is 48.7 Å². The van der Waals surface area contributed by atoms with Gasteiger partial charge < -0.3 is 15.6 Å². The number of aromatic amines is 1. The molecule has 3 N–H and O–H groups in total. The molecular formula is C26H29F8N7O2. The first-order chi connectivity index (χ1) is 20.0. The van der Waals surface area contributed by atoms with Gasteiger partial charge in [0.25, 0.3) is 5.91 Å². The minimum Gasteiger partial charge on any atom is -0.350 e. The van der Waals surface area contributed by atoms with E-state index in [9.17, 15) is 44.7 Å². The van der Waals surface area contributed by atoms with Gasteiger partial charge in [0.2, 0.25) is 11.8 Å². The average Bonchev–Trinajstić information content (AvgIpc) is 3.55. The van der Waals surface area contributed by atoms with Crippen LogP contribution in [-0.2, 0) is 11.3 Å². The third-order valence-electron chi connectivity index (χ3n) is 7.22. The lowest BCUT2D eigenvalue weighted by atomic mass is 9.81. The van der Waals surface area contributed by atoms with E-state index in [2.05, 4.69) is 30.8 Å². The van der Waals surface area contributed by atoms with Gasteiger partial charge in [-0.15, -0.1) is 5.10 Å². The third kappa shape index (κ3) is 9.10. The Morgan fingerprint density at radius 3 is 2.40 bits per heavy atom. The number of carbonyl (C=O) groups is 2. The molecule has 0 spiro atoms. The Morgan fingerprint density at radius 1 is 1.07 bits per heavy atom. The molecule has 1 aliphatic rings. The summed E-state index contributed by atoms with van der Waals surface area (Å²) < 4.78 is 103. The molecule has 2 amide bonds. The lowest BCUT2D eigenvalue weighted by Crippen LogP contribution is -2.38. The zero-order valence-corrected chi connectivity index (χ0v) is 22.8. The highest BCUT2D eigenvalue weighted by Crippen LogP contribution is 2.41. The summed E-state index contributed by atoms with van der Waals surface area (Å²) in [5.41, 5.74) is 1.19. The van der Waals surface area contributed by atoms with Crippen LogP contribution in [0.15, 0.2) is 24.4 Å². The number of hydrogen-bond acceptors (Lipinski definition) is 5. The molecular weight excluding hydrogens is 594 g/mol. The summed E-state index contributed by atoms with van der Waals surface area (Å²) in [4.78, 5) is 33.3.